The molecule has 1 aliphatic rings. The van der Waals surface area contributed by atoms with Crippen LogP contribution in [0.15, 0.2) is 93.9 Å². The van der Waals surface area contributed by atoms with Crippen LogP contribution < -0.4 is 21.5 Å². The molecule has 1 aliphatic heterocycles. The Morgan fingerprint density at radius 2 is 1.68 bits per heavy atom. The number of sulfonamides is 1. The lowest BCUT2D eigenvalue weighted by atomic mass is 10.0. The number of hydrogen-bond donors (Lipinski definition) is 5. The van der Waals surface area contributed by atoms with E-state index in [2.05, 4.69) is 20.2 Å². The zero-order chi connectivity index (χ0) is 28.7. The van der Waals surface area contributed by atoms with Crippen molar-refractivity contribution in [2.24, 2.45) is 21.6 Å². The first-order chi connectivity index (χ1) is 19.1. The highest BCUT2D eigenvalue weighted by atomic mass is 32.2. The van der Waals surface area contributed by atoms with Gasteiger partial charge >= 0.3 is 5.97 Å². The molecule has 0 radical (unpaired) electrons. The van der Waals surface area contributed by atoms with Gasteiger partial charge in [-0.25, -0.2) is 13.4 Å². The van der Waals surface area contributed by atoms with Crippen LogP contribution in [-0.4, -0.2) is 55.8 Å². The van der Waals surface area contributed by atoms with Crippen molar-refractivity contribution in [3.05, 3.63) is 84.4 Å². The fraction of sp³-hybridized carbons (Fsp3) is 0.185. The van der Waals surface area contributed by atoms with Crippen molar-refractivity contribution in [1.29, 1.82) is 0 Å². The summed E-state index contributed by atoms with van der Waals surface area (Å²) in [7, 11) is -4.25. The van der Waals surface area contributed by atoms with E-state index >= 15 is 0 Å². The molecule has 1 amide bonds. The molecule has 208 valence electrons. The van der Waals surface area contributed by atoms with E-state index < -0.39 is 40.6 Å². The molecule has 7 N–H and O–H groups in total. The fourth-order valence-electron chi connectivity index (χ4n) is 4.07. The molecule has 4 rings (SSSR count). The zero-order valence-corrected chi connectivity index (χ0v) is 22.0. The topological polar surface area (TPSA) is 199 Å². The number of nitrogens with zero attached hydrogens (tertiary/aromatic N) is 2. The summed E-state index contributed by atoms with van der Waals surface area (Å²) in [5.74, 6) is -2.01. The normalized spacial score (nSPS) is 15.4. The van der Waals surface area contributed by atoms with E-state index in [1.165, 1.54) is 6.07 Å². The third-order valence-electron chi connectivity index (χ3n) is 5.97. The fourth-order valence-corrected chi connectivity index (χ4v) is 5.49. The minimum atomic E-state index is -4.25. The second-order valence-electron chi connectivity index (χ2n) is 8.94. The van der Waals surface area contributed by atoms with Crippen LogP contribution in [0.3, 0.4) is 0 Å². The van der Waals surface area contributed by atoms with Crippen LogP contribution in [0.4, 0.5) is 5.69 Å². The number of rotatable bonds is 11. The number of oxime groups is 1. The van der Waals surface area contributed by atoms with Crippen LogP contribution in [0.2, 0.25) is 0 Å². The van der Waals surface area contributed by atoms with Crippen LogP contribution in [-0.2, 0) is 24.4 Å². The van der Waals surface area contributed by atoms with Crippen molar-refractivity contribution in [3.63, 3.8) is 0 Å². The Hall–Kier alpha value is -4.75. The van der Waals surface area contributed by atoms with Gasteiger partial charge in [-0.2, -0.15) is 4.72 Å². The number of amides is 1. The summed E-state index contributed by atoms with van der Waals surface area (Å²) in [5.41, 5.74) is 13.8. The van der Waals surface area contributed by atoms with Gasteiger partial charge in [0, 0.05) is 18.5 Å². The lowest BCUT2D eigenvalue weighted by molar-refractivity contribution is -0.138. The standard InChI is InChI=1S/C27H28N6O6S/c28-27(29)31-19-12-10-18(11-13-19)22-14-20(39-32-22)15-25(34)30-16-23(26(35)36)33-40(37,38)24-9-5-4-8-21(24)17-6-2-1-3-7-17/h1-13,20,23,33H,14-16H2,(H,30,34)(H,35,36)(H4,28,29,31)/t20-,23-/m0/s1. The van der Waals surface area contributed by atoms with Gasteiger partial charge in [0.05, 0.1) is 22.7 Å². The number of aliphatic imine (C=N–C) groups is 1. The number of aliphatic carboxylic acids is 1. The summed E-state index contributed by atoms with van der Waals surface area (Å²) in [5, 5.41) is 16.2. The average Bonchev–Trinajstić information content (AvgIpc) is 3.39. The minimum Gasteiger partial charge on any atom is -0.480 e. The average molecular weight is 565 g/mol. The molecule has 0 fully saturated rings. The molecule has 40 heavy (non-hydrogen) atoms. The minimum absolute atomic E-state index is 0.0599. The van der Waals surface area contributed by atoms with Gasteiger partial charge in [-0.05, 0) is 29.3 Å². The number of nitrogens with one attached hydrogen (secondary N) is 2. The molecule has 3 aromatic rings. The molecule has 0 spiro atoms. The first-order valence-corrected chi connectivity index (χ1v) is 13.7. The van der Waals surface area contributed by atoms with E-state index in [4.69, 9.17) is 16.3 Å². The molecule has 0 unspecified atom stereocenters. The third-order valence-corrected chi connectivity index (χ3v) is 7.49. The molecule has 13 heteroatoms. The maximum atomic E-state index is 13.2. The van der Waals surface area contributed by atoms with Gasteiger partial charge < -0.3 is 26.7 Å². The second kappa shape index (κ2) is 12.4. The van der Waals surface area contributed by atoms with Crippen molar-refractivity contribution in [2.75, 3.05) is 6.54 Å². The summed E-state index contributed by atoms with van der Waals surface area (Å²) >= 11 is 0. The van der Waals surface area contributed by atoms with Crippen molar-refractivity contribution in [3.8, 4) is 11.1 Å². The number of carbonyl (C=O) groups is 2. The van der Waals surface area contributed by atoms with Crippen LogP contribution in [0.1, 0.15) is 18.4 Å². The number of benzene rings is 3. The van der Waals surface area contributed by atoms with E-state index in [1.807, 2.05) is 0 Å². The Kier molecular flexibility index (Phi) is 8.76. The number of carboxylic acid groups (broad SMARTS) is 1. The van der Waals surface area contributed by atoms with Crippen molar-refractivity contribution >= 4 is 39.3 Å². The lowest BCUT2D eigenvalue weighted by Gasteiger charge is -2.18. The van der Waals surface area contributed by atoms with Gasteiger partial charge in [0.1, 0.15) is 12.1 Å². The molecule has 0 bridgehead atoms. The molecule has 1 heterocycles. The first-order valence-electron chi connectivity index (χ1n) is 12.2. The van der Waals surface area contributed by atoms with E-state index in [1.54, 1.807) is 72.8 Å². The van der Waals surface area contributed by atoms with Crippen molar-refractivity contribution in [1.82, 2.24) is 10.0 Å². The molecular formula is C27H28N6O6S. The number of nitrogens with two attached hydrogens (primary N) is 2. The number of guanidine groups is 1. The Morgan fingerprint density at radius 3 is 2.35 bits per heavy atom. The van der Waals surface area contributed by atoms with E-state index in [9.17, 15) is 23.1 Å². The van der Waals surface area contributed by atoms with Crippen LogP contribution >= 0.6 is 0 Å². The van der Waals surface area contributed by atoms with E-state index in [0.717, 1.165) is 5.56 Å². The maximum Gasteiger partial charge on any atom is 0.323 e. The summed E-state index contributed by atoms with van der Waals surface area (Å²) in [6.07, 6.45) is -0.319. The summed E-state index contributed by atoms with van der Waals surface area (Å²) < 4.78 is 28.5. The van der Waals surface area contributed by atoms with Gasteiger partial charge in [0.2, 0.25) is 15.9 Å². The molecule has 0 saturated carbocycles. The first kappa shape index (κ1) is 28.3. The molecule has 0 aromatic heterocycles. The van der Waals surface area contributed by atoms with Gasteiger partial charge in [0.15, 0.2) is 5.96 Å². The quantitative estimate of drug-likeness (QED) is 0.171. The number of carboxylic acids is 1. The molecule has 12 nitrogen and oxygen atoms in total. The van der Waals surface area contributed by atoms with Crippen LogP contribution in [0.25, 0.3) is 11.1 Å². The predicted octanol–water partition coefficient (Wildman–Crippen LogP) is 1.69. The highest BCUT2D eigenvalue weighted by molar-refractivity contribution is 7.89. The van der Waals surface area contributed by atoms with Gasteiger partial charge in [-0.3, -0.25) is 9.59 Å². The number of hydrogen-bond acceptors (Lipinski definition) is 7. The van der Waals surface area contributed by atoms with E-state index in [0.29, 0.717) is 28.9 Å². The SMILES string of the molecule is NC(N)=Nc1ccc(C2=NO[C@H](CC(=O)NC[C@H](NS(=O)(=O)c3ccccc3-c3ccccc3)C(=O)O)C2)cc1. The Labute approximate surface area is 230 Å². The Balaban J connectivity index is 1.34. The van der Waals surface area contributed by atoms with Gasteiger partial charge in [-0.15, -0.1) is 0 Å². The lowest BCUT2D eigenvalue weighted by Crippen LogP contribution is -2.48. The molecule has 0 saturated heterocycles. The molecular weight excluding hydrogens is 536 g/mol. The zero-order valence-electron chi connectivity index (χ0n) is 21.2. The highest BCUT2D eigenvalue weighted by Crippen LogP contribution is 2.27. The number of carbonyl (C=O) groups excluding carboxylic acids is 1. The molecule has 2 atom stereocenters. The van der Waals surface area contributed by atoms with E-state index in [-0.39, 0.29) is 17.3 Å². The van der Waals surface area contributed by atoms with Crippen LogP contribution in [0, 0.1) is 0 Å². The maximum absolute atomic E-state index is 13.2. The molecule has 3 aromatic carbocycles. The smallest absolute Gasteiger partial charge is 0.323 e. The van der Waals surface area contributed by atoms with Crippen molar-refractivity contribution in [2.45, 2.75) is 29.9 Å². The predicted molar refractivity (Wildman–Crippen MR) is 149 cm³/mol. The Bertz CT molecular complexity index is 1540. The largest absolute Gasteiger partial charge is 0.480 e. The highest BCUT2D eigenvalue weighted by Gasteiger charge is 2.29. The summed E-state index contributed by atoms with van der Waals surface area (Å²) in [6, 6.07) is 20.5. The van der Waals surface area contributed by atoms with Crippen molar-refractivity contribution < 1.29 is 28.0 Å². The van der Waals surface area contributed by atoms with Crippen LogP contribution in [0.5, 0.6) is 0 Å². The molecule has 0 aliphatic carbocycles. The summed E-state index contributed by atoms with van der Waals surface area (Å²) in [4.78, 5) is 33.6. The van der Waals surface area contributed by atoms with Gasteiger partial charge in [0.25, 0.3) is 0 Å². The Morgan fingerprint density at radius 1 is 1.00 bits per heavy atom. The third kappa shape index (κ3) is 7.21. The summed E-state index contributed by atoms with van der Waals surface area (Å²) in [6.45, 7) is -0.465. The second-order valence-corrected chi connectivity index (χ2v) is 10.6. The monoisotopic (exact) mass is 564 g/mol. The van der Waals surface area contributed by atoms with Gasteiger partial charge in [-0.1, -0.05) is 65.8 Å².